The third-order valence-electron chi connectivity index (χ3n) is 5.77. The Kier molecular flexibility index (Phi) is 9.61. The van der Waals surface area contributed by atoms with E-state index in [0.29, 0.717) is 12.8 Å². The van der Waals surface area contributed by atoms with E-state index in [0.717, 1.165) is 12.8 Å². The molecule has 0 saturated heterocycles. The van der Waals surface area contributed by atoms with E-state index in [9.17, 15) is 19.8 Å². The molecule has 2 amide bonds. The Bertz CT molecular complexity index is 592. The van der Waals surface area contributed by atoms with Crippen molar-refractivity contribution >= 4 is 11.8 Å². The van der Waals surface area contributed by atoms with E-state index in [2.05, 4.69) is 45.3 Å². The molecular weight excluding hydrogens is 380 g/mol. The van der Waals surface area contributed by atoms with Gasteiger partial charge < -0.3 is 20.8 Å². The molecule has 0 heterocycles. The summed E-state index contributed by atoms with van der Waals surface area (Å²) in [6.07, 6.45) is 1.53. The SMILES string of the molecule is CCC(C)(C)CC(C)(C)NC(=O)CC(C)(C)CC(C)(C)NC(=O)C(O)C(C)(C)CO. The number of rotatable bonds is 12. The Labute approximate surface area is 184 Å². The zero-order valence-corrected chi connectivity index (χ0v) is 21.3. The molecule has 0 rings (SSSR count). The molecule has 0 aromatic carbocycles. The van der Waals surface area contributed by atoms with Crippen LogP contribution in [0.5, 0.6) is 0 Å². The van der Waals surface area contributed by atoms with E-state index >= 15 is 0 Å². The van der Waals surface area contributed by atoms with Gasteiger partial charge in [0.25, 0.3) is 0 Å². The van der Waals surface area contributed by atoms with Gasteiger partial charge in [-0.05, 0) is 51.4 Å². The Morgan fingerprint density at radius 2 is 1.23 bits per heavy atom. The maximum Gasteiger partial charge on any atom is 0.249 e. The van der Waals surface area contributed by atoms with Crippen LogP contribution in [0, 0.1) is 16.2 Å². The number of amides is 2. The van der Waals surface area contributed by atoms with E-state index in [4.69, 9.17) is 0 Å². The van der Waals surface area contributed by atoms with Gasteiger partial charge in [-0.3, -0.25) is 9.59 Å². The highest BCUT2D eigenvalue weighted by Gasteiger charge is 2.38. The summed E-state index contributed by atoms with van der Waals surface area (Å²) in [5.41, 5.74) is -2.03. The number of hydrogen-bond donors (Lipinski definition) is 4. The first kappa shape index (κ1) is 28.9. The van der Waals surface area contributed by atoms with Crippen LogP contribution in [-0.2, 0) is 9.59 Å². The van der Waals surface area contributed by atoms with Gasteiger partial charge in [-0.25, -0.2) is 0 Å². The van der Waals surface area contributed by atoms with Gasteiger partial charge in [0.15, 0.2) is 0 Å². The average Bonchev–Trinajstić information content (AvgIpc) is 2.49. The summed E-state index contributed by atoms with van der Waals surface area (Å²) in [5.74, 6) is -0.511. The number of carbonyl (C=O) groups excluding carboxylic acids is 2. The molecule has 0 aromatic heterocycles. The normalized spacial score (nSPS) is 15.0. The predicted molar refractivity (Wildman–Crippen MR) is 123 cm³/mol. The monoisotopic (exact) mass is 428 g/mol. The lowest BCUT2D eigenvalue weighted by Crippen LogP contribution is -2.54. The highest BCUT2D eigenvalue weighted by atomic mass is 16.3. The molecule has 0 spiro atoms. The predicted octanol–water partition coefficient (Wildman–Crippen LogP) is 3.79. The van der Waals surface area contributed by atoms with Crippen molar-refractivity contribution in [3.8, 4) is 0 Å². The van der Waals surface area contributed by atoms with Crippen molar-refractivity contribution in [3.63, 3.8) is 0 Å². The van der Waals surface area contributed by atoms with Gasteiger partial charge in [0.1, 0.15) is 6.10 Å². The van der Waals surface area contributed by atoms with Gasteiger partial charge in [-0.2, -0.15) is 0 Å². The fraction of sp³-hybridized carbons (Fsp3) is 0.917. The zero-order valence-electron chi connectivity index (χ0n) is 21.3. The standard InChI is InChI=1S/C24H48N2O4/c1-12-20(2,3)14-23(8,9)25-17(28)13-21(4,5)15-24(10,11)26-19(30)18(29)22(6,7)16-27/h18,27,29H,12-16H2,1-11H3,(H,25,28)(H,26,30). The van der Waals surface area contributed by atoms with E-state index in [1.165, 1.54) is 0 Å². The third-order valence-corrected chi connectivity index (χ3v) is 5.77. The maximum atomic E-state index is 12.8. The summed E-state index contributed by atoms with van der Waals surface area (Å²) in [6, 6.07) is 0. The fourth-order valence-corrected chi connectivity index (χ4v) is 4.37. The molecule has 0 fully saturated rings. The topological polar surface area (TPSA) is 98.7 Å². The molecule has 0 saturated carbocycles. The molecule has 0 aromatic rings. The Balaban J connectivity index is 5.00. The molecule has 1 unspecified atom stereocenters. The largest absolute Gasteiger partial charge is 0.396 e. The Hall–Kier alpha value is -1.14. The first-order valence-corrected chi connectivity index (χ1v) is 11.1. The van der Waals surface area contributed by atoms with E-state index < -0.39 is 23.0 Å². The van der Waals surface area contributed by atoms with Crippen LogP contribution in [-0.4, -0.2) is 45.8 Å². The molecule has 30 heavy (non-hydrogen) atoms. The number of hydrogen-bond acceptors (Lipinski definition) is 4. The number of aliphatic hydroxyl groups is 2. The summed E-state index contributed by atoms with van der Waals surface area (Å²) in [6.45, 7) is 21.5. The minimum Gasteiger partial charge on any atom is -0.396 e. The van der Waals surface area contributed by atoms with Crippen molar-refractivity contribution in [2.24, 2.45) is 16.2 Å². The molecule has 4 N–H and O–H groups in total. The quantitative estimate of drug-likeness (QED) is 0.380. The van der Waals surface area contributed by atoms with Gasteiger partial charge >= 0.3 is 0 Å². The van der Waals surface area contributed by atoms with Crippen molar-refractivity contribution in [1.29, 1.82) is 0 Å². The summed E-state index contributed by atoms with van der Waals surface area (Å²) >= 11 is 0. The minimum atomic E-state index is -1.31. The first-order valence-electron chi connectivity index (χ1n) is 11.1. The number of nitrogens with one attached hydrogen (secondary N) is 2. The molecule has 178 valence electrons. The number of carbonyl (C=O) groups is 2. The van der Waals surface area contributed by atoms with Gasteiger partial charge in [0.05, 0.1) is 6.61 Å². The second kappa shape index (κ2) is 9.99. The summed E-state index contributed by atoms with van der Waals surface area (Å²) in [5, 5.41) is 25.7. The first-order chi connectivity index (χ1) is 13.2. The van der Waals surface area contributed by atoms with E-state index in [1.54, 1.807) is 13.8 Å². The van der Waals surface area contributed by atoms with Crippen LogP contribution < -0.4 is 10.6 Å². The number of aliphatic hydroxyl groups excluding tert-OH is 2. The molecule has 0 aliphatic heterocycles. The van der Waals surface area contributed by atoms with Gasteiger partial charge in [-0.15, -0.1) is 0 Å². The summed E-state index contributed by atoms with van der Waals surface area (Å²) < 4.78 is 0. The highest BCUT2D eigenvalue weighted by molar-refractivity contribution is 5.82. The average molecular weight is 429 g/mol. The van der Waals surface area contributed by atoms with Gasteiger partial charge in [0, 0.05) is 22.9 Å². The van der Waals surface area contributed by atoms with Crippen molar-refractivity contribution < 1.29 is 19.8 Å². The zero-order chi connectivity index (χ0) is 24.2. The van der Waals surface area contributed by atoms with Gasteiger partial charge in [-0.1, -0.05) is 54.9 Å². The second-order valence-corrected chi connectivity index (χ2v) is 12.6. The van der Waals surface area contributed by atoms with Crippen LogP contribution in [0.1, 0.15) is 102 Å². The van der Waals surface area contributed by atoms with Crippen LogP contribution in [0.2, 0.25) is 0 Å². The van der Waals surface area contributed by atoms with Crippen molar-refractivity contribution in [1.82, 2.24) is 10.6 Å². The van der Waals surface area contributed by atoms with Crippen LogP contribution in [0.3, 0.4) is 0 Å². The van der Waals surface area contributed by atoms with Crippen molar-refractivity contribution in [3.05, 3.63) is 0 Å². The van der Waals surface area contributed by atoms with Crippen molar-refractivity contribution in [2.45, 2.75) is 119 Å². The molecule has 6 heteroatoms. The van der Waals surface area contributed by atoms with Crippen LogP contribution in [0.25, 0.3) is 0 Å². The fourth-order valence-electron chi connectivity index (χ4n) is 4.37. The summed E-state index contributed by atoms with van der Waals surface area (Å²) in [7, 11) is 0. The van der Waals surface area contributed by atoms with Gasteiger partial charge in [0.2, 0.25) is 11.8 Å². The van der Waals surface area contributed by atoms with E-state index in [1.807, 2.05) is 27.7 Å². The van der Waals surface area contributed by atoms with Crippen molar-refractivity contribution in [2.75, 3.05) is 6.61 Å². The second-order valence-electron chi connectivity index (χ2n) is 12.6. The molecule has 0 aliphatic carbocycles. The lowest BCUT2D eigenvalue weighted by molar-refractivity contribution is -0.139. The van der Waals surface area contributed by atoms with Crippen LogP contribution in [0.4, 0.5) is 0 Å². The molecule has 0 radical (unpaired) electrons. The smallest absolute Gasteiger partial charge is 0.249 e. The molecule has 1 atom stereocenters. The molecule has 0 aliphatic rings. The Morgan fingerprint density at radius 1 is 0.800 bits per heavy atom. The molecular formula is C24H48N2O4. The summed E-state index contributed by atoms with van der Waals surface area (Å²) in [4.78, 5) is 25.2. The highest BCUT2D eigenvalue weighted by Crippen LogP contribution is 2.34. The van der Waals surface area contributed by atoms with E-state index in [-0.39, 0.29) is 28.9 Å². The maximum absolute atomic E-state index is 12.8. The molecule has 6 nitrogen and oxygen atoms in total. The lowest BCUT2D eigenvalue weighted by atomic mass is 9.76. The van der Waals surface area contributed by atoms with Crippen LogP contribution >= 0.6 is 0 Å². The lowest BCUT2D eigenvalue weighted by Gasteiger charge is -2.39. The van der Waals surface area contributed by atoms with Crippen LogP contribution in [0.15, 0.2) is 0 Å². The minimum absolute atomic E-state index is 0.000443. The molecule has 0 bridgehead atoms. The Morgan fingerprint density at radius 3 is 1.67 bits per heavy atom. The third kappa shape index (κ3) is 10.3.